The van der Waals surface area contributed by atoms with E-state index in [0.717, 1.165) is 10.0 Å². The third kappa shape index (κ3) is 3.06. The minimum atomic E-state index is 0.526. The van der Waals surface area contributed by atoms with Crippen molar-refractivity contribution in [3.8, 4) is 5.88 Å². The molecule has 0 amide bonds. The Balaban J connectivity index is 1.96. The van der Waals surface area contributed by atoms with E-state index in [1.807, 2.05) is 36.4 Å². The van der Waals surface area contributed by atoms with Crippen LogP contribution in [0, 0.1) is 6.20 Å². The highest BCUT2D eigenvalue weighted by Crippen LogP contribution is 2.12. The molecule has 0 fully saturated rings. The summed E-state index contributed by atoms with van der Waals surface area (Å²) in [6.07, 6.45) is 2.72. The minimum Gasteiger partial charge on any atom is -0.473 e. The Bertz CT molecular complexity index is 413. The van der Waals surface area contributed by atoms with Gasteiger partial charge in [-0.1, -0.05) is 34.1 Å². The topological polar surface area (TPSA) is 22.1 Å². The number of hydrogen-bond acceptors (Lipinski definition) is 2. The monoisotopic (exact) mass is 262 g/mol. The van der Waals surface area contributed by atoms with Crippen molar-refractivity contribution >= 4 is 15.9 Å². The number of halogens is 1. The molecule has 1 aromatic heterocycles. The van der Waals surface area contributed by atoms with E-state index in [2.05, 4.69) is 27.1 Å². The first-order valence-corrected chi connectivity index (χ1v) is 5.34. The van der Waals surface area contributed by atoms with Crippen molar-refractivity contribution in [1.29, 1.82) is 0 Å². The van der Waals surface area contributed by atoms with Crippen molar-refractivity contribution in [3.63, 3.8) is 0 Å². The molecule has 1 aromatic carbocycles. The van der Waals surface area contributed by atoms with Crippen molar-refractivity contribution in [1.82, 2.24) is 4.98 Å². The molecule has 2 rings (SSSR count). The molecular weight excluding hydrogens is 254 g/mol. The van der Waals surface area contributed by atoms with E-state index in [-0.39, 0.29) is 0 Å². The lowest BCUT2D eigenvalue weighted by atomic mass is 10.2. The maximum Gasteiger partial charge on any atom is 0.214 e. The van der Waals surface area contributed by atoms with Crippen molar-refractivity contribution in [2.75, 3.05) is 0 Å². The summed E-state index contributed by atoms with van der Waals surface area (Å²) < 4.78 is 6.54. The Morgan fingerprint density at radius 2 is 2.00 bits per heavy atom. The van der Waals surface area contributed by atoms with Crippen LogP contribution >= 0.6 is 15.9 Å². The zero-order valence-electron chi connectivity index (χ0n) is 7.98. The highest BCUT2D eigenvalue weighted by molar-refractivity contribution is 9.10. The summed E-state index contributed by atoms with van der Waals surface area (Å²) in [7, 11) is 0. The second kappa shape index (κ2) is 4.94. The van der Waals surface area contributed by atoms with Gasteiger partial charge in [0.2, 0.25) is 5.88 Å². The lowest BCUT2D eigenvalue weighted by molar-refractivity contribution is 0.293. The maximum absolute atomic E-state index is 5.47. The van der Waals surface area contributed by atoms with Crippen LogP contribution in [0.25, 0.3) is 0 Å². The van der Waals surface area contributed by atoms with Gasteiger partial charge in [0.25, 0.3) is 0 Å². The van der Waals surface area contributed by atoms with Crippen LogP contribution in [0.15, 0.2) is 46.9 Å². The molecule has 1 radical (unpaired) electrons. The number of benzene rings is 1. The quantitative estimate of drug-likeness (QED) is 0.848. The zero-order chi connectivity index (χ0) is 10.5. The van der Waals surface area contributed by atoms with E-state index < -0.39 is 0 Å². The summed E-state index contributed by atoms with van der Waals surface area (Å²) >= 11 is 3.38. The summed E-state index contributed by atoms with van der Waals surface area (Å²) in [5.74, 6) is 0.598. The molecule has 3 heteroatoms. The van der Waals surface area contributed by atoms with Crippen LogP contribution in [0.2, 0.25) is 0 Å². The third-order valence-electron chi connectivity index (χ3n) is 1.88. The Morgan fingerprint density at radius 3 is 2.67 bits per heavy atom. The van der Waals surface area contributed by atoms with E-state index in [4.69, 9.17) is 4.74 Å². The largest absolute Gasteiger partial charge is 0.473 e. The average molecular weight is 263 g/mol. The summed E-state index contributed by atoms with van der Waals surface area (Å²) in [5, 5.41) is 0. The highest BCUT2D eigenvalue weighted by atomic mass is 79.9. The van der Waals surface area contributed by atoms with E-state index in [1.54, 1.807) is 6.07 Å². The van der Waals surface area contributed by atoms with Gasteiger partial charge in [-0.25, -0.2) is 4.98 Å². The predicted octanol–water partition coefficient (Wildman–Crippen LogP) is 3.22. The molecule has 0 aliphatic heterocycles. The van der Waals surface area contributed by atoms with Crippen molar-refractivity contribution < 1.29 is 4.74 Å². The Labute approximate surface area is 97.1 Å². The molecule has 75 valence electrons. The maximum atomic E-state index is 5.47. The highest BCUT2D eigenvalue weighted by Gasteiger charge is 1.95. The van der Waals surface area contributed by atoms with E-state index >= 15 is 0 Å². The smallest absolute Gasteiger partial charge is 0.214 e. The van der Waals surface area contributed by atoms with Gasteiger partial charge in [-0.15, -0.1) is 0 Å². The summed E-state index contributed by atoms with van der Waals surface area (Å²) in [6, 6.07) is 13.4. The van der Waals surface area contributed by atoms with Crippen LogP contribution in [0.4, 0.5) is 0 Å². The molecule has 0 N–H and O–H groups in total. The fraction of sp³-hybridized carbons (Fsp3) is 0.0833. The minimum absolute atomic E-state index is 0.526. The fourth-order valence-corrected chi connectivity index (χ4v) is 1.39. The molecule has 0 unspecified atom stereocenters. The van der Waals surface area contributed by atoms with E-state index in [9.17, 15) is 0 Å². The molecule has 0 atom stereocenters. The molecule has 2 nitrogen and oxygen atoms in total. The van der Waals surface area contributed by atoms with Crippen LogP contribution in [0.5, 0.6) is 5.88 Å². The molecule has 0 aliphatic carbocycles. The molecule has 0 saturated heterocycles. The van der Waals surface area contributed by atoms with Gasteiger partial charge in [0.1, 0.15) is 6.61 Å². The van der Waals surface area contributed by atoms with Gasteiger partial charge in [-0.05, 0) is 23.8 Å². The first kappa shape index (κ1) is 10.2. The molecule has 0 saturated carbocycles. The van der Waals surface area contributed by atoms with Gasteiger partial charge >= 0.3 is 0 Å². The number of hydrogen-bond donors (Lipinski definition) is 0. The molecule has 0 bridgehead atoms. The molecular formula is C12H9BrNO. The van der Waals surface area contributed by atoms with Gasteiger partial charge in [-0.2, -0.15) is 0 Å². The fourth-order valence-electron chi connectivity index (χ4n) is 1.13. The predicted molar refractivity (Wildman–Crippen MR) is 61.5 cm³/mol. The van der Waals surface area contributed by atoms with E-state index in [1.165, 1.54) is 0 Å². The molecule has 1 heterocycles. The number of ether oxygens (including phenoxy) is 1. The van der Waals surface area contributed by atoms with Crippen LogP contribution in [0.1, 0.15) is 5.56 Å². The lowest BCUT2D eigenvalue weighted by Gasteiger charge is -2.04. The second-order valence-corrected chi connectivity index (χ2v) is 3.94. The van der Waals surface area contributed by atoms with E-state index in [0.29, 0.717) is 12.5 Å². The zero-order valence-corrected chi connectivity index (χ0v) is 9.57. The van der Waals surface area contributed by atoms with Gasteiger partial charge < -0.3 is 4.74 Å². The second-order valence-electron chi connectivity index (χ2n) is 3.02. The normalized spacial score (nSPS) is 9.93. The molecule has 0 aliphatic rings. The lowest BCUT2D eigenvalue weighted by Crippen LogP contribution is -1.96. The first-order chi connectivity index (χ1) is 7.34. The van der Waals surface area contributed by atoms with Gasteiger partial charge in [0.15, 0.2) is 0 Å². The number of nitrogens with zero attached hydrogens (tertiary/aromatic N) is 1. The van der Waals surface area contributed by atoms with Crippen LogP contribution in [0.3, 0.4) is 0 Å². The van der Waals surface area contributed by atoms with Crippen molar-refractivity contribution in [3.05, 3.63) is 58.7 Å². The molecule has 2 aromatic rings. The Morgan fingerprint density at radius 1 is 1.20 bits per heavy atom. The number of rotatable bonds is 3. The third-order valence-corrected chi connectivity index (χ3v) is 2.41. The summed E-state index contributed by atoms with van der Waals surface area (Å²) in [6.45, 7) is 0.526. The first-order valence-electron chi connectivity index (χ1n) is 4.55. The average Bonchev–Trinajstić information content (AvgIpc) is 2.30. The molecule has 15 heavy (non-hydrogen) atoms. The number of aromatic nitrogens is 1. The van der Waals surface area contributed by atoms with Crippen LogP contribution in [-0.4, -0.2) is 4.98 Å². The van der Waals surface area contributed by atoms with Crippen LogP contribution < -0.4 is 4.74 Å². The molecule has 0 spiro atoms. The standard InChI is InChI=1S/C12H9BrNO/c13-11-6-4-10(5-7-11)9-15-12-3-1-2-8-14-12/h1-7H,9H2. The number of pyridine rings is 1. The van der Waals surface area contributed by atoms with Crippen molar-refractivity contribution in [2.24, 2.45) is 0 Å². The SMILES string of the molecule is Brc1ccc(COc2ccc[c]n2)cc1. The van der Waals surface area contributed by atoms with Gasteiger partial charge in [-0.3, -0.25) is 0 Å². The van der Waals surface area contributed by atoms with Gasteiger partial charge in [0, 0.05) is 10.5 Å². The van der Waals surface area contributed by atoms with Crippen LogP contribution in [-0.2, 0) is 6.61 Å². The Hall–Kier alpha value is -1.35. The van der Waals surface area contributed by atoms with Gasteiger partial charge in [0.05, 0.1) is 6.20 Å². The van der Waals surface area contributed by atoms with Crippen molar-refractivity contribution in [2.45, 2.75) is 6.61 Å². The summed E-state index contributed by atoms with van der Waals surface area (Å²) in [4.78, 5) is 3.95. The summed E-state index contributed by atoms with van der Waals surface area (Å²) in [5.41, 5.74) is 1.11. The Kier molecular flexibility index (Phi) is 3.35.